The van der Waals surface area contributed by atoms with Gasteiger partial charge in [-0.15, -0.1) is 11.3 Å². The molecule has 10 nitrogen and oxygen atoms in total. The highest BCUT2D eigenvalue weighted by Gasteiger charge is 2.22. The van der Waals surface area contributed by atoms with Crippen molar-refractivity contribution >= 4 is 57.7 Å². The average molecular weight is 560 g/mol. The lowest BCUT2D eigenvalue weighted by molar-refractivity contribution is -0.127. The lowest BCUT2D eigenvalue weighted by atomic mass is 10.2. The molecule has 0 saturated carbocycles. The number of rotatable bonds is 9. The number of hydrogen-bond donors (Lipinski definition) is 1. The van der Waals surface area contributed by atoms with Crippen LogP contribution in [0.25, 0.3) is 11.0 Å². The number of amides is 3. The van der Waals surface area contributed by atoms with Gasteiger partial charge in [-0.2, -0.15) is 0 Å². The zero-order valence-corrected chi connectivity index (χ0v) is 23.1. The van der Waals surface area contributed by atoms with Gasteiger partial charge in [0.05, 0.1) is 23.0 Å². The number of aromatic nitrogens is 2. The standard InChI is InChI=1S/C29H29N5O5S/c1-32(27(37)19-8-4-3-5-9-19)20-11-12-22-21(18-20)30-29(34(22)17-7-16-33-15-6-10-25(33)35)31-26(36)23-13-14-24(40-23)28(38)39-2/h3-5,8-9,11-14,18H,6-7,10,15-17H2,1-2H3,(H,30,31,36). The highest BCUT2D eigenvalue weighted by molar-refractivity contribution is 7.16. The maximum absolute atomic E-state index is 13.1. The van der Waals surface area contributed by atoms with Crippen LogP contribution in [0.2, 0.25) is 0 Å². The van der Waals surface area contributed by atoms with Crippen LogP contribution in [0.15, 0.2) is 60.7 Å². The fraction of sp³-hybridized carbons (Fsp3) is 0.276. The van der Waals surface area contributed by atoms with Crippen LogP contribution in [0.4, 0.5) is 11.6 Å². The van der Waals surface area contributed by atoms with Gasteiger partial charge in [-0.05, 0) is 55.3 Å². The number of thiophene rings is 1. The van der Waals surface area contributed by atoms with E-state index in [0.717, 1.165) is 29.8 Å². The maximum atomic E-state index is 13.1. The van der Waals surface area contributed by atoms with Gasteiger partial charge in [0, 0.05) is 44.4 Å². The molecule has 0 bridgehead atoms. The van der Waals surface area contributed by atoms with Gasteiger partial charge in [0.2, 0.25) is 11.9 Å². The molecule has 2 aromatic heterocycles. The Labute approximate surface area is 235 Å². The van der Waals surface area contributed by atoms with Crippen molar-refractivity contribution in [2.75, 3.05) is 37.5 Å². The highest BCUT2D eigenvalue weighted by atomic mass is 32.1. The lowest BCUT2D eigenvalue weighted by Crippen LogP contribution is -2.26. The Balaban J connectivity index is 1.42. The molecule has 0 atom stereocenters. The van der Waals surface area contributed by atoms with Crippen LogP contribution in [0, 0.1) is 0 Å². The zero-order chi connectivity index (χ0) is 28.2. The number of benzene rings is 2. The molecule has 2 aromatic carbocycles. The molecule has 0 spiro atoms. The largest absolute Gasteiger partial charge is 0.465 e. The van der Waals surface area contributed by atoms with Crippen LogP contribution < -0.4 is 10.2 Å². The summed E-state index contributed by atoms with van der Waals surface area (Å²) in [6.07, 6.45) is 2.14. The third kappa shape index (κ3) is 5.59. The van der Waals surface area contributed by atoms with Crippen LogP contribution >= 0.6 is 11.3 Å². The van der Waals surface area contributed by atoms with Gasteiger partial charge < -0.3 is 19.1 Å². The predicted octanol–water partition coefficient (Wildman–Crippen LogP) is 4.43. The molecular formula is C29H29N5O5S. The van der Waals surface area contributed by atoms with Crippen molar-refractivity contribution in [2.24, 2.45) is 0 Å². The van der Waals surface area contributed by atoms with E-state index in [1.165, 1.54) is 7.11 Å². The number of likely N-dealkylation sites (tertiary alicyclic amines) is 1. The summed E-state index contributed by atoms with van der Waals surface area (Å²) in [7, 11) is 3.00. The number of nitrogens with one attached hydrogen (secondary N) is 1. The molecule has 40 heavy (non-hydrogen) atoms. The molecule has 5 rings (SSSR count). The fourth-order valence-electron chi connectivity index (χ4n) is 4.73. The van der Waals surface area contributed by atoms with Crippen LogP contribution in [-0.2, 0) is 16.1 Å². The number of carbonyl (C=O) groups is 4. The minimum absolute atomic E-state index is 0.151. The third-order valence-corrected chi connectivity index (χ3v) is 7.93. The first-order chi connectivity index (χ1) is 19.4. The number of fused-ring (bicyclic) bond motifs is 1. The summed E-state index contributed by atoms with van der Waals surface area (Å²) in [5.41, 5.74) is 2.63. The molecule has 4 aromatic rings. The van der Waals surface area contributed by atoms with Gasteiger partial charge in [0.1, 0.15) is 4.88 Å². The number of methoxy groups -OCH3 is 1. The molecule has 206 valence electrons. The lowest BCUT2D eigenvalue weighted by Gasteiger charge is -2.18. The predicted molar refractivity (Wildman–Crippen MR) is 153 cm³/mol. The molecule has 0 unspecified atom stereocenters. The normalized spacial score (nSPS) is 13.1. The van der Waals surface area contributed by atoms with Crippen molar-refractivity contribution in [2.45, 2.75) is 25.8 Å². The quantitative estimate of drug-likeness (QED) is 0.304. The SMILES string of the molecule is COC(=O)c1ccc(C(=O)Nc2nc3cc(N(C)C(=O)c4ccccc4)ccc3n2CCCN2CCCC2=O)s1. The van der Waals surface area contributed by atoms with Gasteiger partial charge >= 0.3 is 5.97 Å². The Kier molecular flexibility index (Phi) is 7.92. The van der Waals surface area contributed by atoms with Crippen molar-refractivity contribution < 1.29 is 23.9 Å². The first-order valence-corrected chi connectivity index (χ1v) is 13.8. The number of nitrogens with zero attached hydrogens (tertiary/aromatic N) is 4. The Morgan fingerprint density at radius 1 is 1.05 bits per heavy atom. The summed E-state index contributed by atoms with van der Waals surface area (Å²) >= 11 is 1.04. The van der Waals surface area contributed by atoms with Gasteiger partial charge in [-0.1, -0.05) is 18.2 Å². The molecule has 1 saturated heterocycles. The van der Waals surface area contributed by atoms with Crippen LogP contribution in [-0.4, -0.2) is 65.4 Å². The van der Waals surface area contributed by atoms with Gasteiger partial charge in [-0.25, -0.2) is 9.78 Å². The Hall–Kier alpha value is -4.51. The molecule has 1 aliphatic rings. The van der Waals surface area contributed by atoms with E-state index in [2.05, 4.69) is 5.32 Å². The monoisotopic (exact) mass is 559 g/mol. The summed E-state index contributed by atoms with van der Waals surface area (Å²) in [4.78, 5) is 58.8. The van der Waals surface area contributed by atoms with E-state index in [4.69, 9.17) is 9.72 Å². The topological polar surface area (TPSA) is 114 Å². The van der Waals surface area contributed by atoms with Gasteiger partial charge in [-0.3, -0.25) is 19.7 Å². The second-order valence-electron chi connectivity index (χ2n) is 9.44. The molecule has 3 heterocycles. The van der Waals surface area contributed by atoms with E-state index in [1.54, 1.807) is 36.2 Å². The number of esters is 1. The molecule has 0 aliphatic carbocycles. The molecular weight excluding hydrogens is 530 g/mol. The molecule has 3 amide bonds. The maximum Gasteiger partial charge on any atom is 0.348 e. The van der Waals surface area contributed by atoms with E-state index in [-0.39, 0.29) is 11.8 Å². The minimum Gasteiger partial charge on any atom is -0.465 e. The molecule has 0 radical (unpaired) electrons. The fourth-order valence-corrected chi connectivity index (χ4v) is 5.55. The van der Waals surface area contributed by atoms with Crippen LogP contribution in [0.3, 0.4) is 0 Å². The summed E-state index contributed by atoms with van der Waals surface area (Å²) < 4.78 is 6.65. The van der Waals surface area contributed by atoms with Crippen molar-refractivity contribution in [3.63, 3.8) is 0 Å². The number of hydrogen-bond acceptors (Lipinski definition) is 7. The average Bonchev–Trinajstić information content (AvgIpc) is 3.71. The molecule has 1 N–H and O–H groups in total. The van der Waals surface area contributed by atoms with Crippen LogP contribution in [0.1, 0.15) is 49.0 Å². The van der Waals surface area contributed by atoms with Gasteiger partial charge in [0.25, 0.3) is 11.8 Å². The second-order valence-corrected chi connectivity index (χ2v) is 10.5. The zero-order valence-electron chi connectivity index (χ0n) is 22.3. The molecule has 1 fully saturated rings. The van der Waals surface area contributed by atoms with Crippen LogP contribution in [0.5, 0.6) is 0 Å². The number of aryl methyl sites for hydroxylation is 1. The van der Waals surface area contributed by atoms with Crippen molar-refractivity contribution in [1.82, 2.24) is 14.5 Å². The number of ether oxygens (including phenoxy) is 1. The van der Waals surface area contributed by atoms with E-state index in [0.29, 0.717) is 58.4 Å². The Morgan fingerprint density at radius 2 is 1.82 bits per heavy atom. The molecule has 1 aliphatic heterocycles. The minimum atomic E-state index is -0.505. The van der Waals surface area contributed by atoms with E-state index in [1.807, 2.05) is 45.9 Å². The van der Waals surface area contributed by atoms with Crippen molar-refractivity contribution in [3.8, 4) is 0 Å². The second kappa shape index (κ2) is 11.7. The van der Waals surface area contributed by atoms with E-state index < -0.39 is 11.9 Å². The summed E-state index contributed by atoms with van der Waals surface area (Å²) in [6.45, 7) is 1.90. The Morgan fingerprint density at radius 3 is 2.55 bits per heavy atom. The summed E-state index contributed by atoms with van der Waals surface area (Å²) in [6, 6.07) is 17.7. The Bertz CT molecular complexity index is 1580. The number of imidazole rings is 1. The first-order valence-electron chi connectivity index (χ1n) is 13.0. The highest BCUT2D eigenvalue weighted by Crippen LogP contribution is 2.27. The first kappa shape index (κ1) is 27.1. The van der Waals surface area contributed by atoms with E-state index in [9.17, 15) is 19.2 Å². The molecule has 11 heteroatoms. The van der Waals surface area contributed by atoms with Crippen molar-refractivity contribution in [3.05, 3.63) is 76.0 Å². The number of carbonyl (C=O) groups excluding carboxylic acids is 4. The van der Waals surface area contributed by atoms with E-state index >= 15 is 0 Å². The third-order valence-electron chi connectivity index (χ3n) is 6.87. The summed E-state index contributed by atoms with van der Waals surface area (Å²) in [5.74, 6) is -0.548. The smallest absolute Gasteiger partial charge is 0.348 e. The summed E-state index contributed by atoms with van der Waals surface area (Å²) in [5, 5.41) is 2.88. The van der Waals surface area contributed by atoms with Crippen molar-refractivity contribution in [1.29, 1.82) is 0 Å². The van der Waals surface area contributed by atoms with Gasteiger partial charge in [0.15, 0.2) is 0 Å². The number of anilines is 2.